The third-order valence-electron chi connectivity index (χ3n) is 5.36. The molecule has 2 aromatic rings. The van der Waals surface area contributed by atoms with E-state index in [0.29, 0.717) is 23.9 Å². The molecule has 0 aromatic heterocycles. The van der Waals surface area contributed by atoms with Crippen LogP contribution in [0.4, 0.5) is 5.69 Å². The van der Waals surface area contributed by atoms with Crippen molar-refractivity contribution in [2.24, 2.45) is 0 Å². The predicted octanol–water partition coefficient (Wildman–Crippen LogP) is 2.74. The Labute approximate surface area is 183 Å². The number of aryl methyl sites for hydroxylation is 2. The quantitative estimate of drug-likeness (QED) is 0.446. The first kappa shape index (κ1) is 23.1. The van der Waals surface area contributed by atoms with E-state index >= 15 is 0 Å². The van der Waals surface area contributed by atoms with Crippen LogP contribution in [0.25, 0.3) is 0 Å². The maximum atomic E-state index is 12.3. The van der Waals surface area contributed by atoms with Gasteiger partial charge in [-0.05, 0) is 69.6 Å². The fraction of sp³-hybridized carbons (Fsp3) is 0.455. The summed E-state index contributed by atoms with van der Waals surface area (Å²) in [4.78, 5) is 5.44. The van der Waals surface area contributed by atoms with E-state index < -0.39 is 21.2 Å². The molecule has 2 aromatic carbocycles. The minimum absolute atomic E-state index is 0.303. The molecule has 1 aliphatic heterocycles. The van der Waals surface area contributed by atoms with Gasteiger partial charge in [-0.3, -0.25) is 0 Å². The van der Waals surface area contributed by atoms with Gasteiger partial charge in [0.1, 0.15) is 0 Å². The number of nitrogens with zero attached hydrogens (tertiary/aromatic N) is 2. The van der Waals surface area contributed by atoms with Gasteiger partial charge < -0.3 is 14.4 Å². The van der Waals surface area contributed by atoms with E-state index in [2.05, 4.69) is 27.8 Å². The number of hydrogen-bond acceptors (Lipinski definition) is 5. The molecule has 0 fully saturated rings. The molecule has 1 atom stereocenters. The molecule has 0 amide bonds. The minimum Gasteiger partial charge on any atom is -0.610 e. The first-order valence-corrected chi connectivity index (χ1v) is 13.0. The topological polar surface area (TPSA) is 75.7 Å². The van der Waals surface area contributed by atoms with Gasteiger partial charge in [0.05, 0.1) is 10.6 Å². The number of nitrogens with one attached hydrogen (secondary N) is 1. The van der Waals surface area contributed by atoms with Crippen LogP contribution in [0.5, 0.6) is 0 Å². The lowest BCUT2D eigenvalue weighted by molar-refractivity contribution is 0.330. The molecule has 1 heterocycles. The Bertz CT molecular complexity index is 949. The fourth-order valence-electron chi connectivity index (χ4n) is 3.52. The third kappa shape index (κ3) is 5.98. The number of likely N-dealkylation sites (N-methyl/N-ethyl adjacent to an activating group) is 1. The summed E-state index contributed by atoms with van der Waals surface area (Å²) in [7, 11) is 0.528. The van der Waals surface area contributed by atoms with Gasteiger partial charge in [-0.15, -0.1) is 0 Å². The van der Waals surface area contributed by atoms with E-state index in [4.69, 9.17) is 0 Å². The molecule has 3 rings (SSSR count). The van der Waals surface area contributed by atoms with Gasteiger partial charge in [-0.25, -0.2) is 13.1 Å². The van der Waals surface area contributed by atoms with Crippen LogP contribution >= 0.6 is 0 Å². The molecule has 30 heavy (non-hydrogen) atoms. The van der Waals surface area contributed by atoms with Crippen molar-refractivity contribution >= 4 is 26.9 Å². The average molecular weight is 450 g/mol. The molecule has 164 valence electrons. The molecule has 1 N–H and O–H groups in total. The summed E-state index contributed by atoms with van der Waals surface area (Å²) < 4.78 is 39.4. The van der Waals surface area contributed by atoms with E-state index in [0.717, 1.165) is 42.0 Å². The second-order valence-corrected chi connectivity index (χ2v) is 11.1. The Balaban J connectivity index is 1.36. The Morgan fingerprint density at radius 1 is 1.13 bits per heavy atom. The van der Waals surface area contributed by atoms with E-state index in [9.17, 15) is 13.0 Å². The third-order valence-corrected chi connectivity index (χ3v) is 8.28. The fourth-order valence-corrected chi connectivity index (χ4v) is 5.91. The van der Waals surface area contributed by atoms with Crippen molar-refractivity contribution in [2.45, 2.75) is 36.0 Å². The number of hydrogen-bond donors (Lipinski definition) is 1. The predicted molar refractivity (Wildman–Crippen MR) is 123 cm³/mol. The molecule has 0 spiro atoms. The number of benzene rings is 2. The Morgan fingerprint density at radius 2 is 1.87 bits per heavy atom. The molecule has 1 aliphatic rings. The lowest BCUT2D eigenvalue weighted by atomic mass is 10.1. The number of unbranched alkanes of at least 4 members (excludes halogenated alkanes) is 1. The number of rotatable bonds is 10. The Kier molecular flexibility index (Phi) is 7.81. The first-order valence-electron chi connectivity index (χ1n) is 10.2. The van der Waals surface area contributed by atoms with Crippen molar-refractivity contribution in [1.29, 1.82) is 0 Å². The molecular weight excluding hydrogens is 418 g/mol. The first-order chi connectivity index (χ1) is 14.3. The zero-order valence-electron chi connectivity index (χ0n) is 17.9. The molecule has 0 saturated carbocycles. The molecule has 0 bridgehead atoms. The average Bonchev–Trinajstić information content (AvgIpc) is 2.99. The van der Waals surface area contributed by atoms with E-state index in [1.165, 1.54) is 5.56 Å². The highest BCUT2D eigenvalue weighted by molar-refractivity contribution is 7.92. The largest absolute Gasteiger partial charge is 0.610 e. The van der Waals surface area contributed by atoms with E-state index in [1.807, 2.05) is 25.9 Å². The SMILES string of the molecule is Cc1ccc(S(=O)(=O)NCCN(C)CCCCc2ccc3c(c2)[S+]([O-])CN3C)cc1. The Hall–Kier alpha value is -1.58. The molecule has 6 nitrogen and oxygen atoms in total. The molecule has 8 heteroatoms. The smallest absolute Gasteiger partial charge is 0.240 e. The van der Waals surface area contributed by atoms with Crippen molar-refractivity contribution in [3.8, 4) is 0 Å². The molecule has 0 radical (unpaired) electrons. The van der Waals surface area contributed by atoms with Gasteiger partial charge >= 0.3 is 0 Å². The van der Waals surface area contributed by atoms with Gasteiger partial charge in [0.25, 0.3) is 0 Å². The summed E-state index contributed by atoms with van der Waals surface area (Å²) in [6.45, 7) is 3.89. The van der Waals surface area contributed by atoms with Crippen molar-refractivity contribution in [2.75, 3.05) is 44.5 Å². The highest BCUT2D eigenvalue weighted by atomic mass is 32.2. The Morgan fingerprint density at radius 3 is 2.60 bits per heavy atom. The monoisotopic (exact) mass is 449 g/mol. The van der Waals surface area contributed by atoms with Crippen LogP contribution in [0.3, 0.4) is 0 Å². The van der Waals surface area contributed by atoms with Crippen LogP contribution in [0.15, 0.2) is 52.3 Å². The van der Waals surface area contributed by atoms with Crippen LogP contribution in [0.2, 0.25) is 0 Å². The molecular formula is C22H31N3O3S2. The zero-order valence-corrected chi connectivity index (χ0v) is 19.6. The van der Waals surface area contributed by atoms with Crippen LogP contribution in [0.1, 0.15) is 24.0 Å². The summed E-state index contributed by atoms with van der Waals surface area (Å²) in [5.74, 6) is 0.581. The summed E-state index contributed by atoms with van der Waals surface area (Å²) in [5, 5.41) is 0. The van der Waals surface area contributed by atoms with Crippen LogP contribution < -0.4 is 9.62 Å². The maximum Gasteiger partial charge on any atom is 0.240 e. The summed E-state index contributed by atoms with van der Waals surface area (Å²) in [6.07, 6.45) is 3.03. The zero-order chi connectivity index (χ0) is 21.7. The lowest BCUT2D eigenvalue weighted by Gasteiger charge is -2.17. The minimum atomic E-state index is -3.45. The van der Waals surface area contributed by atoms with Gasteiger partial charge in [0.15, 0.2) is 10.8 Å². The maximum absolute atomic E-state index is 12.3. The highest BCUT2D eigenvalue weighted by Gasteiger charge is 2.28. The van der Waals surface area contributed by atoms with Crippen molar-refractivity contribution < 1.29 is 13.0 Å². The van der Waals surface area contributed by atoms with Crippen LogP contribution in [-0.4, -0.2) is 57.5 Å². The van der Waals surface area contributed by atoms with Gasteiger partial charge in [-0.1, -0.05) is 23.8 Å². The number of anilines is 1. The van der Waals surface area contributed by atoms with Gasteiger partial charge in [0, 0.05) is 31.3 Å². The van der Waals surface area contributed by atoms with E-state index in [1.54, 1.807) is 24.3 Å². The summed E-state index contributed by atoms with van der Waals surface area (Å²) in [5.41, 5.74) is 3.34. The molecule has 1 unspecified atom stereocenters. The van der Waals surface area contributed by atoms with Crippen molar-refractivity contribution in [1.82, 2.24) is 9.62 Å². The number of fused-ring (bicyclic) bond motifs is 1. The molecule has 0 aliphatic carbocycles. The highest BCUT2D eigenvalue weighted by Crippen LogP contribution is 2.33. The molecule has 0 saturated heterocycles. The lowest BCUT2D eigenvalue weighted by Crippen LogP contribution is -2.33. The van der Waals surface area contributed by atoms with Crippen LogP contribution in [-0.2, 0) is 27.6 Å². The van der Waals surface area contributed by atoms with Crippen LogP contribution in [0, 0.1) is 6.92 Å². The summed E-state index contributed by atoms with van der Waals surface area (Å²) in [6, 6.07) is 13.2. The second kappa shape index (κ2) is 10.2. The van der Waals surface area contributed by atoms with Crippen molar-refractivity contribution in [3.05, 3.63) is 53.6 Å². The second-order valence-electron chi connectivity index (χ2n) is 7.95. The standard InChI is InChI=1S/C22H31N3O3S2/c1-18-7-10-20(11-8-18)30(27,28)23-13-15-24(2)14-5-4-6-19-9-12-21-22(16-19)29(26)17-25(21)3/h7-12,16,23H,4-6,13-15,17H2,1-3H3. The van der Waals surface area contributed by atoms with Gasteiger partial charge in [0.2, 0.25) is 10.0 Å². The normalized spacial score (nSPS) is 16.3. The van der Waals surface area contributed by atoms with Crippen molar-refractivity contribution in [3.63, 3.8) is 0 Å². The van der Waals surface area contributed by atoms with Gasteiger partial charge in [-0.2, -0.15) is 0 Å². The van der Waals surface area contributed by atoms with E-state index in [-0.39, 0.29) is 0 Å². The number of sulfonamides is 1. The summed E-state index contributed by atoms with van der Waals surface area (Å²) >= 11 is -0.918.